The van der Waals surface area contributed by atoms with E-state index in [1.54, 1.807) is 0 Å². The van der Waals surface area contributed by atoms with Gasteiger partial charge in [-0.25, -0.2) is 4.79 Å². The lowest BCUT2D eigenvalue weighted by Gasteiger charge is -2.28. The van der Waals surface area contributed by atoms with Gasteiger partial charge in [0.25, 0.3) is 0 Å². The number of ether oxygens (including phenoxy) is 3. The van der Waals surface area contributed by atoms with Crippen LogP contribution in [0.25, 0.3) is 0 Å². The van der Waals surface area contributed by atoms with Crippen molar-refractivity contribution in [3.63, 3.8) is 0 Å². The molecule has 6 nitrogen and oxygen atoms in total. The molecule has 2 aliphatic rings. The maximum Gasteiger partial charge on any atom is 0.327 e. The number of hydrogen-bond acceptors (Lipinski definition) is 6. The van der Waals surface area contributed by atoms with Crippen LogP contribution in [0.15, 0.2) is 18.2 Å². The summed E-state index contributed by atoms with van der Waals surface area (Å²) in [5.74, 6) is 1.17. The molecule has 0 radical (unpaired) electrons. The molecule has 6 heteroatoms. The summed E-state index contributed by atoms with van der Waals surface area (Å²) in [6, 6.07) is 5.24. The molecule has 1 aromatic carbocycles. The molecular weight excluding hydrogens is 272 g/mol. The lowest BCUT2D eigenvalue weighted by atomic mass is 10.0. The maximum absolute atomic E-state index is 12.3. The van der Waals surface area contributed by atoms with E-state index >= 15 is 0 Å². The molecule has 114 valence electrons. The fraction of sp³-hybridized carbons (Fsp3) is 0.533. The van der Waals surface area contributed by atoms with E-state index in [1.807, 2.05) is 18.2 Å². The highest BCUT2D eigenvalue weighted by atomic mass is 16.7. The molecule has 1 unspecified atom stereocenters. The Morgan fingerprint density at radius 2 is 2.14 bits per heavy atom. The molecule has 21 heavy (non-hydrogen) atoms. The molecule has 0 amide bonds. The number of rotatable bonds is 3. The highest BCUT2D eigenvalue weighted by molar-refractivity contribution is 5.78. The van der Waals surface area contributed by atoms with E-state index in [0.29, 0.717) is 5.75 Å². The molecule has 0 aliphatic carbocycles. The van der Waals surface area contributed by atoms with E-state index in [4.69, 9.17) is 14.2 Å². The summed E-state index contributed by atoms with van der Waals surface area (Å²) in [6.45, 7) is 3.76. The van der Waals surface area contributed by atoms with E-state index in [2.05, 4.69) is 10.2 Å². The molecular formula is C15H20N2O4. The van der Waals surface area contributed by atoms with Crippen LogP contribution in [0.2, 0.25) is 0 Å². The summed E-state index contributed by atoms with van der Waals surface area (Å²) in [5.41, 5.74) is 0.882. The van der Waals surface area contributed by atoms with Gasteiger partial charge >= 0.3 is 5.97 Å². The third-order valence-corrected chi connectivity index (χ3v) is 3.88. The fourth-order valence-electron chi connectivity index (χ4n) is 2.82. The largest absolute Gasteiger partial charge is 0.468 e. The normalized spacial score (nSPS) is 19.9. The molecule has 0 bridgehead atoms. The lowest BCUT2D eigenvalue weighted by molar-refractivity contribution is -0.147. The summed E-state index contributed by atoms with van der Waals surface area (Å²) < 4.78 is 15.7. The first-order chi connectivity index (χ1) is 10.3. The van der Waals surface area contributed by atoms with Crippen molar-refractivity contribution in [3.05, 3.63) is 23.8 Å². The van der Waals surface area contributed by atoms with E-state index in [-0.39, 0.29) is 12.8 Å². The van der Waals surface area contributed by atoms with Gasteiger partial charge < -0.3 is 19.5 Å². The topological polar surface area (TPSA) is 60.0 Å². The zero-order valence-electron chi connectivity index (χ0n) is 12.1. The summed E-state index contributed by atoms with van der Waals surface area (Å²) in [6.07, 6.45) is 1.01. The fourth-order valence-corrected chi connectivity index (χ4v) is 2.82. The molecule has 1 saturated heterocycles. The van der Waals surface area contributed by atoms with Gasteiger partial charge in [0.1, 0.15) is 6.04 Å². The quantitative estimate of drug-likeness (QED) is 0.836. The molecule has 2 aliphatic heterocycles. The van der Waals surface area contributed by atoms with Crippen LogP contribution in [0.1, 0.15) is 18.0 Å². The smallest absolute Gasteiger partial charge is 0.327 e. The Hall–Kier alpha value is -1.79. The number of nitrogens with zero attached hydrogens (tertiary/aromatic N) is 1. The minimum atomic E-state index is -0.399. The van der Waals surface area contributed by atoms with Crippen LogP contribution in [-0.2, 0) is 9.53 Å². The molecule has 2 heterocycles. The van der Waals surface area contributed by atoms with Crippen LogP contribution in [0.4, 0.5) is 0 Å². The second-order valence-electron chi connectivity index (χ2n) is 5.18. The van der Waals surface area contributed by atoms with Crippen molar-refractivity contribution in [1.29, 1.82) is 0 Å². The number of esters is 1. The summed E-state index contributed by atoms with van der Waals surface area (Å²) in [5, 5.41) is 3.34. The second-order valence-corrected chi connectivity index (χ2v) is 5.18. The van der Waals surface area contributed by atoms with Crippen molar-refractivity contribution < 1.29 is 19.0 Å². The van der Waals surface area contributed by atoms with E-state index < -0.39 is 6.04 Å². The number of methoxy groups -OCH3 is 1. The Bertz CT molecular complexity index is 512. The van der Waals surface area contributed by atoms with Crippen molar-refractivity contribution in [2.24, 2.45) is 0 Å². The average molecular weight is 292 g/mol. The van der Waals surface area contributed by atoms with Crippen LogP contribution >= 0.6 is 0 Å². The number of fused-ring (bicyclic) bond motifs is 1. The van der Waals surface area contributed by atoms with Gasteiger partial charge in [-0.15, -0.1) is 0 Å². The Labute approximate surface area is 124 Å². The molecule has 0 saturated carbocycles. The van der Waals surface area contributed by atoms with Crippen molar-refractivity contribution in [2.75, 3.05) is 40.1 Å². The van der Waals surface area contributed by atoms with Gasteiger partial charge in [-0.3, -0.25) is 4.90 Å². The number of carbonyl (C=O) groups is 1. The Balaban J connectivity index is 1.89. The number of carbonyl (C=O) groups excluding carboxylic acids is 1. The van der Waals surface area contributed by atoms with E-state index in [0.717, 1.165) is 43.9 Å². The van der Waals surface area contributed by atoms with Gasteiger partial charge in [-0.05, 0) is 30.7 Å². The molecule has 1 N–H and O–H groups in total. The predicted octanol–water partition coefficient (Wildman–Crippen LogP) is 0.925. The van der Waals surface area contributed by atoms with Gasteiger partial charge in [-0.2, -0.15) is 0 Å². The summed E-state index contributed by atoms with van der Waals surface area (Å²) in [4.78, 5) is 14.4. The van der Waals surface area contributed by atoms with Crippen molar-refractivity contribution >= 4 is 5.97 Å². The van der Waals surface area contributed by atoms with E-state index in [1.165, 1.54) is 7.11 Å². The Morgan fingerprint density at radius 3 is 3.00 bits per heavy atom. The van der Waals surface area contributed by atoms with Crippen molar-refractivity contribution in [3.8, 4) is 11.5 Å². The Kier molecular flexibility index (Phi) is 4.26. The van der Waals surface area contributed by atoms with Gasteiger partial charge in [0.05, 0.1) is 7.11 Å². The molecule has 3 rings (SSSR count). The Morgan fingerprint density at radius 1 is 1.29 bits per heavy atom. The highest BCUT2D eigenvalue weighted by Crippen LogP contribution is 2.35. The van der Waals surface area contributed by atoms with Crippen LogP contribution in [-0.4, -0.2) is 51.0 Å². The first-order valence-electron chi connectivity index (χ1n) is 7.22. The van der Waals surface area contributed by atoms with Crippen LogP contribution in [0.3, 0.4) is 0 Å². The summed E-state index contributed by atoms with van der Waals surface area (Å²) in [7, 11) is 1.43. The molecule has 0 aromatic heterocycles. The van der Waals surface area contributed by atoms with Gasteiger partial charge in [0.15, 0.2) is 11.5 Å². The first-order valence-corrected chi connectivity index (χ1v) is 7.22. The molecule has 1 aromatic rings. The van der Waals surface area contributed by atoms with Gasteiger partial charge in [-0.1, -0.05) is 6.07 Å². The van der Waals surface area contributed by atoms with Crippen LogP contribution in [0.5, 0.6) is 11.5 Å². The zero-order chi connectivity index (χ0) is 14.7. The van der Waals surface area contributed by atoms with Crippen LogP contribution < -0.4 is 14.8 Å². The summed E-state index contributed by atoms with van der Waals surface area (Å²) >= 11 is 0. The second kappa shape index (κ2) is 6.32. The van der Waals surface area contributed by atoms with Crippen LogP contribution in [0, 0.1) is 0 Å². The number of nitrogens with one attached hydrogen (secondary N) is 1. The number of benzene rings is 1. The highest BCUT2D eigenvalue weighted by Gasteiger charge is 2.30. The predicted molar refractivity (Wildman–Crippen MR) is 76.4 cm³/mol. The zero-order valence-corrected chi connectivity index (χ0v) is 12.1. The monoisotopic (exact) mass is 292 g/mol. The number of hydrogen-bond donors (Lipinski definition) is 1. The minimum absolute atomic E-state index is 0.231. The molecule has 1 atom stereocenters. The maximum atomic E-state index is 12.3. The average Bonchev–Trinajstić information content (AvgIpc) is 2.81. The third kappa shape index (κ3) is 2.96. The van der Waals surface area contributed by atoms with Gasteiger partial charge in [0, 0.05) is 19.6 Å². The van der Waals surface area contributed by atoms with Crippen molar-refractivity contribution in [2.45, 2.75) is 12.5 Å². The minimum Gasteiger partial charge on any atom is -0.468 e. The first kappa shape index (κ1) is 14.2. The molecule has 0 spiro atoms. The molecule has 1 fully saturated rings. The van der Waals surface area contributed by atoms with E-state index in [9.17, 15) is 4.79 Å². The third-order valence-electron chi connectivity index (χ3n) is 3.88. The standard InChI is InChI=1S/C15H20N2O4/c1-19-15(18)14(17-7-2-5-16-6-8-17)11-3-4-12-13(9-11)21-10-20-12/h3-4,9,14,16H,2,5-8,10H2,1H3. The van der Waals surface area contributed by atoms with Gasteiger partial charge in [0.2, 0.25) is 6.79 Å². The lowest BCUT2D eigenvalue weighted by Crippen LogP contribution is -2.37. The van der Waals surface area contributed by atoms with Crippen molar-refractivity contribution in [1.82, 2.24) is 10.2 Å². The SMILES string of the molecule is COC(=O)C(c1ccc2c(c1)OCO2)N1CCCNCC1.